The first-order valence-electron chi connectivity index (χ1n) is 13.5. The Kier molecular flexibility index (Phi) is 9.68. The van der Waals surface area contributed by atoms with Crippen LogP contribution in [0.4, 0.5) is 17.1 Å². The molecule has 45 heavy (non-hydrogen) atoms. The number of hydrogen-bond acceptors (Lipinski definition) is 8. The van der Waals surface area contributed by atoms with Crippen molar-refractivity contribution in [1.29, 1.82) is 0 Å². The van der Waals surface area contributed by atoms with Crippen molar-refractivity contribution in [3.8, 4) is 0 Å². The summed E-state index contributed by atoms with van der Waals surface area (Å²) >= 11 is 2.17. The number of benzene rings is 3. The summed E-state index contributed by atoms with van der Waals surface area (Å²) in [6.45, 7) is 0. The van der Waals surface area contributed by atoms with E-state index in [-0.39, 0.29) is 32.0 Å². The van der Waals surface area contributed by atoms with Crippen LogP contribution in [-0.2, 0) is 32.9 Å². The van der Waals surface area contributed by atoms with Crippen LogP contribution in [-0.4, -0.2) is 33.8 Å². The van der Waals surface area contributed by atoms with E-state index in [1.807, 2.05) is 18.2 Å². The van der Waals surface area contributed by atoms with Crippen LogP contribution in [0, 0.1) is 0 Å². The average Bonchev–Trinajstić information content (AvgIpc) is 3.79. The number of hydrogen-bond donors (Lipinski definition) is 4. The zero-order chi connectivity index (χ0) is 32.0. The highest BCUT2D eigenvalue weighted by Gasteiger charge is 2.21. The fraction of sp³-hybridized carbons (Fsp3) is 0.0968. The van der Waals surface area contributed by atoms with Crippen molar-refractivity contribution in [3.63, 3.8) is 0 Å². The topological polar surface area (TPSA) is 159 Å². The lowest BCUT2D eigenvalue weighted by Gasteiger charge is -2.10. The van der Waals surface area contributed by atoms with E-state index in [0.717, 1.165) is 36.3 Å². The number of anilines is 3. The maximum absolute atomic E-state index is 12.7. The predicted octanol–water partition coefficient (Wildman–Crippen LogP) is 6.54. The number of fused-ring (bicyclic) bond motifs is 1. The molecule has 0 bridgehead atoms. The Bertz CT molecular complexity index is 2040. The molecule has 5 aromatic rings. The summed E-state index contributed by atoms with van der Waals surface area (Å²) in [5.41, 5.74) is 3.69. The first-order valence-corrected chi connectivity index (χ1v) is 18.2. The predicted molar refractivity (Wildman–Crippen MR) is 177 cm³/mol. The van der Waals surface area contributed by atoms with E-state index < -0.39 is 26.0 Å². The van der Waals surface area contributed by atoms with Gasteiger partial charge in [0.2, 0.25) is 0 Å². The van der Waals surface area contributed by atoms with Gasteiger partial charge in [-0.3, -0.25) is 14.2 Å². The number of thiophene rings is 2. The Labute approximate surface area is 268 Å². The van der Waals surface area contributed by atoms with Crippen molar-refractivity contribution in [2.75, 3.05) is 14.8 Å². The van der Waals surface area contributed by atoms with Gasteiger partial charge in [-0.1, -0.05) is 42.5 Å². The molecule has 1 aliphatic carbocycles. The maximum Gasteiger partial charge on any atom is 0.348 e. The molecular weight excluding hydrogens is 655 g/mol. The molecule has 0 unspecified atom stereocenters. The number of carboxylic acid groups (broad SMARTS) is 1. The molecule has 3 aromatic carbocycles. The van der Waals surface area contributed by atoms with Crippen LogP contribution in [0.1, 0.15) is 36.9 Å². The van der Waals surface area contributed by atoms with Crippen molar-refractivity contribution in [2.45, 2.75) is 29.1 Å². The van der Waals surface area contributed by atoms with Crippen molar-refractivity contribution in [2.24, 2.45) is 0 Å². The third-order valence-corrected chi connectivity index (χ3v) is 11.3. The fourth-order valence-corrected chi connectivity index (χ4v) is 8.31. The largest absolute Gasteiger partial charge is 0.477 e. The number of sulfonamides is 2. The molecule has 2 aromatic heterocycles. The van der Waals surface area contributed by atoms with E-state index in [1.54, 1.807) is 47.8 Å². The number of aryl methyl sites for hydroxylation is 2. The molecule has 0 aliphatic heterocycles. The van der Waals surface area contributed by atoms with E-state index in [4.69, 9.17) is 5.11 Å². The minimum absolute atomic E-state index is 0.0329. The van der Waals surface area contributed by atoms with E-state index in [1.165, 1.54) is 58.2 Å². The van der Waals surface area contributed by atoms with Gasteiger partial charge in [0.15, 0.2) is 0 Å². The number of nitrogens with one attached hydrogen (secondary N) is 3. The summed E-state index contributed by atoms with van der Waals surface area (Å²) in [5.74, 6) is -1.48. The lowest BCUT2D eigenvalue weighted by molar-refractivity contribution is 0.0703. The molecule has 6 rings (SSSR count). The maximum atomic E-state index is 12.7. The summed E-state index contributed by atoms with van der Waals surface area (Å²) in [6.07, 6.45) is 3.25. The highest BCUT2D eigenvalue weighted by Crippen LogP contribution is 2.29. The summed E-state index contributed by atoms with van der Waals surface area (Å²) in [6, 6.07) is 24.8. The highest BCUT2D eigenvalue weighted by molar-refractivity contribution is 7.93. The number of aromatic carboxylic acids is 1. The third kappa shape index (κ3) is 7.78. The van der Waals surface area contributed by atoms with Crippen molar-refractivity contribution >= 4 is 71.7 Å². The number of carbonyl (C=O) groups is 2. The summed E-state index contributed by atoms with van der Waals surface area (Å²) in [7, 11) is -7.49. The van der Waals surface area contributed by atoms with Crippen LogP contribution < -0.4 is 14.8 Å². The molecule has 0 atom stereocenters. The van der Waals surface area contributed by atoms with Gasteiger partial charge in [-0.2, -0.15) is 0 Å². The molecule has 4 N–H and O–H groups in total. The molecule has 1 aliphatic rings. The Hall–Kier alpha value is -4.50. The van der Waals surface area contributed by atoms with Gasteiger partial charge >= 0.3 is 5.97 Å². The van der Waals surface area contributed by atoms with Crippen LogP contribution in [0.15, 0.2) is 112 Å². The molecule has 232 valence electrons. The SMILES string of the molecule is O=C(Nc1ccc2c(c1)CCC2)c1sccc1NS(=O)(=O)c1ccccc1.O=C(O)c1sccc1NS(=O)(=O)c1ccccc1. The van der Waals surface area contributed by atoms with Crippen molar-refractivity contribution in [1.82, 2.24) is 0 Å². The highest BCUT2D eigenvalue weighted by atomic mass is 32.2. The number of amides is 1. The second-order valence-electron chi connectivity index (χ2n) is 9.76. The van der Waals surface area contributed by atoms with Crippen molar-refractivity contribution < 1.29 is 31.5 Å². The van der Waals surface area contributed by atoms with E-state index in [0.29, 0.717) is 4.88 Å². The number of rotatable bonds is 9. The van der Waals surface area contributed by atoms with E-state index in [2.05, 4.69) is 14.8 Å². The smallest absolute Gasteiger partial charge is 0.348 e. The molecular formula is C31H27N3O7S4. The Morgan fingerprint density at radius 2 is 1.16 bits per heavy atom. The lowest BCUT2D eigenvalue weighted by atomic mass is 10.1. The van der Waals surface area contributed by atoms with Crippen LogP contribution in [0.2, 0.25) is 0 Å². The second-order valence-corrected chi connectivity index (χ2v) is 15.0. The van der Waals surface area contributed by atoms with Crippen LogP contribution >= 0.6 is 22.7 Å². The zero-order valence-corrected chi connectivity index (χ0v) is 26.7. The van der Waals surface area contributed by atoms with Gasteiger partial charge in [0, 0.05) is 5.69 Å². The molecule has 14 heteroatoms. The van der Waals surface area contributed by atoms with Gasteiger partial charge in [-0.05, 0) is 89.7 Å². The van der Waals surface area contributed by atoms with Crippen LogP contribution in [0.3, 0.4) is 0 Å². The Morgan fingerprint density at radius 1 is 0.644 bits per heavy atom. The van der Waals surface area contributed by atoms with Crippen LogP contribution in [0.25, 0.3) is 0 Å². The normalized spacial score (nSPS) is 12.4. The summed E-state index contributed by atoms with van der Waals surface area (Å²) in [5, 5.41) is 15.0. The van der Waals surface area contributed by atoms with Gasteiger partial charge in [0.05, 0.1) is 21.2 Å². The van der Waals surface area contributed by atoms with Gasteiger partial charge in [-0.25, -0.2) is 21.6 Å². The quantitative estimate of drug-likeness (QED) is 0.138. The van der Waals surface area contributed by atoms with Gasteiger partial charge in [0.1, 0.15) is 9.75 Å². The standard InChI is InChI=1S/C20H18N2O3S2.C11H9NO4S2/c23-20(21-16-10-9-14-5-4-6-15(14)13-16)19-18(11-12-26-19)22-27(24,25)17-7-2-1-3-8-17;13-11(14)10-9(6-7-17-10)12-18(15,16)8-4-2-1-3-5-8/h1-3,7-13,22H,4-6H2,(H,21,23);1-7,12H,(H,13,14). The first-order chi connectivity index (χ1) is 21.5. The monoisotopic (exact) mass is 681 g/mol. The van der Waals surface area contributed by atoms with Gasteiger partial charge in [-0.15, -0.1) is 22.7 Å². The number of carbonyl (C=O) groups excluding carboxylic acids is 1. The van der Waals surface area contributed by atoms with E-state index in [9.17, 15) is 26.4 Å². The third-order valence-electron chi connectivity index (χ3n) is 6.68. The fourth-order valence-electron chi connectivity index (χ4n) is 4.56. The van der Waals surface area contributed by atoms with E-state index >= 15 is 0 Å². The zero-order valence-electron chi connectivity index (χ0n) is 23.5. The van der Waals surface area contributed by atoms with Gasteiger partial charge < -0.3 is 10.4 Å². The van der Waals surface area contributed by atoms with Crippen LogP contribution in [0.5, 0.6) is 0 Å². The minimum atomic E-state index is -3.75. The molecule has 2 heterocycles. The Morgan fingerprint density at radius 3 is 1.71 bits per heavy atom. The lowest BCUT2D eigenvalue weighted by Crippen LogP contribution is -2.17. The summed E-state index contributed by atoms with van der Waals surface area (Å²) in [4.78, 5) is 24.1. The second kappa shape index (κ2) is 13.6. The molecule has 0 fully saturated rings. The average molecular weight is 682 g/mol. The summed E-state index contributed by atoms with van der Waals surface area (Å²) < 4.78 is 53.8. The molecule has 0 radical (unpaired) electrons. The Balaban J connectivity index is 0.000000194. The number of carboxylic acids is 1. The molecule has 10 nitrogen and oxygen atoms in total. The molecule has 0 saturated carbocycles. The molecule has 0 saturated heterocycles. The van der Waals surface area contributed by atoms with Gasteiger partial charge in [0.25, 0.3) is 26.0 Å². The minimum Gasteiger partial charge on any atom is -0.477 e. The molecule has 1 amide bonds. The van der Waals surface area contributed by atoms with Crippen molar-refractivity contribution in [3.05, 3.63) is 123 Å². The first kappa shape index (κ1) is 31.9. The molecule has 0 spiro atoms.